The van der Waals surface area contributed by atoms with E-state index in [-0.39, 0.29) is 0 Å². The third-order valence-corrected chi connectivity index (χ3v) is 1.98. The highest BCUT2D eigenvalue weighted by Crippen LogP contribution is 2.22. The van der Waals surface area contributed by atoms with Crippen molar-refractivity contribution >= 4 is 29.0 Å². The number of nitrogens with one attached hydrogen (secondary N) is 1. The Morgan fingerprint density at radius 1 is 1.46 bits per heavy atom. The summed E-state index contributed by atoms with van der Waals surface area (Å²) in [4.78, 5) is 4.03. The van der Waals surface area contributed by atoms with Crippen molar-refractivity contribution in [3.05, 3.63) is 22.3 Å². The maximum Gasteiger partial charge on any atom is 0.144 e. The van der Waals surface area contributed by atoms with Gasteiger partial charge in [-0.25, -0.2) is 4.98 Å². The second-order valence-electron chi connectivity index (χ2n) is 2.55. The van der Waals surface area contributed by atoms with Gasteiger partial charge in [0.2, 0.25) is 0 Å². The van der Waals surface area contributed by atoms with Crippen molar-refractivity contribution in [2.45, 2.75) is 6.42 Å². The maximum absolute atomic E-state index is 5.87. The Hall–Kier alpha value is -0.510. The monoisotopic (exact) mass is 219 g/mol. The van der Waals surface area contributed by atoms with Crippen molar-refractivity contribution in [1.82, 2.24) is 4.98 Å². The predicted molar refractivity (Wildman–Crippen MR) is 56.4 cm³/mol. The summed E-state index contributed by atoms with van der Waals surface area (Å²) in [6, 6.07) is 1.65. The van der Waals surface area contributed by atoms with Crippen LogP contribution in [0.25, 0.3) is 0 Å². The van der Waals surface area contributed by atoms with Crippen molar-refractivity contribution in [2.24, 2.45) is 5.73 Å². The molecule has 5 heteroatoms. The molecule has 0 unspecified atom stereocenters. The number of hydrogen-bond donors (Lipinski definition) is 2. The lowest BCUT2D eigenvalue weighted by molar-refractivity contribution is 0.870. The van der Waals surface area contributed by atoms with Crippen LogP contribution in [0.5, 0.6) is 0 Å². The third-order valence-electron chi connectivity index (χ3n) is 1.48. The second kappa shape index (κ2) is 5.27. The van der Waals surface area contributed by atoms with Gasteiger partial charge in [-0.05, 0) is 19.0 Å². The molecule has 0 saturated carbocycles. The zero-order chi connectivity index (χ0) is 9.68. The quantitative estimate of drug-likeness (QED) is 0.764. The summed E-state index contributed by atoms with van der Waals surface area (Å²) in [6.07, 6.45) is 2.44. The second-order valence-corrected chi connectivity index (χ2v) is 3.40. The molecule has 13 heavy (non-hydrogen) atoms. The van der Waals surface area contributed by atoms with Gasteiger partial charge in [-0.3, -0.25) is 0 Å². The van der Waals surface area contributed by atoms with E-state index in [4.69, 9.17) is 28.9 Å². The molecule has 0 bridgehead atoms. The van der Waals surface area contributed by atoms with Crippen LogP contribution in [0.15, 0.2) is 12.3 Å². The van der Waals surface area contributed by atoms with E-state index >= 15 is 0 Å². The van der Waals surface area contributed by atoms with Gasteiger partial charge in [-0.15, -0.1) is 0 Å². The lowest BCUT2D eigenvalue weighted by atomic mass is 10.4. The summed E-state index contributed by atoms with van der Waals surface area (Å²) < 4.78 is 0. The highest BCUT2D eigenvalue weighted by Gasteiger charge is 2.00. The summed E-state index contributed by atoms with van der Waals surface area (Å²) in [5, 5.41) is 4.13. The third kappa shape index (κ3) is 3.38. The van der Waals surface area contributed by atoms with Gasteiger partial charge in [-0.1, -0.05) is 23.2 Å². The summed E-state index contributed by atoms with van der Waals surface area (Å²) in [6.45, 7) is 1.42. The normalized spacial score (nSPS) is 10.1. The van der Waals surface area contributed by atoms with E-state index in [1.807, 2.05) is 0 Å². The lowest BCUT2D eigenvalue weighted by Crippen LogP contribution is -2.09. The van der Waals surface area contributed by atoms with Gasteiger partial charge in [0.25, 0.3) is 0 Å². The first-order valence-corrected chi connectivity index (χ1v) is 4.74. The highest BCUT2D eigenvalue weighted by molar-refractivity contribution is 6.35. The Bertz CT molecular complexity index is 278. The fourth-order valence-electron chi connectivity index (χ4n) is 0.854. The van der Waals surface area contributed by atoms with E-state index in [9.17, 15) is 0 Å². The Balaban J connectivity index is 2.56. The molecule has 0 fully saturated rings. The maximum atomic E-state index is 5.87. The zero-order valence-electron chi connectivity index (χ0n) is 7.06. The molecule has 1 rings (SSSR count). The Morgan fingerprint density at radius 3 is 2.85 bits per heavy atom. The standard InChI is InChI=1S/C8H11Cl2N3/c9-6-4-7(10)8(13-5-6)12-3-1-2-11/h4-5H,1-3,11H2,(H,12,13). The number of pyridine rings is 1. The summed E-state index contributed by atoms with van der Waals surface area (Å²) >= 11 is 11.6. The molecule has 72 valence electrons. The molecule has 0 spiro atoms. The fourth-order valence-corrected chi connectivity index (χ4v) is 1.30. The SMILES string of the molecule is NCCCNc1ncc(Cl)cc1Cl. The van der Waals surface area contributed by atoms with Crippen LogP contribution in [0, 0.1) is 0 Å². The smallest absolute Gasteiger partial charge is 0.144 e. The number of aromatic nitrogens is 1. The van der Waals surface area contributed by atoms with Gasteiger partial charge in [0.15, 0.2) is 0 Å². The van der Waals surface area contributed by atoms with Gasteiger partial charge >= 0.3 is 0 Å². The van der Waals surface area contributed by atoms with Crippen molar-refractivity contribution in [3.63, 3.8) is 0 Å². The van der Waals surface area contributed by atoms with Crippen LogP contribution >= 0.6 is 23.2 Å². The number of nitrogens with two attached hydrogens (primary N) is 1. The van der Waals surface area contributed by atoms with Gasteiger partial charge in [0.05, 0.1) is 10.0 Å². The van der Waals surface area contributed by atoms with E-state index < -0.39 is 0 Å². The minimum absolute atomic E-state index is 0.532. The molecule has 0 radical (unpaired) electrons. The highest BCUT2D eigenvalue weighted by atomic mass is 35.5. The molecule has 0 saturated heterocycles. The van der Waals surface area contributed by atoms with E-state index in [0.717, 1.165) is 13.0 Å². The van der Waals surface area contributed by atoms with Crippen LogP contribution in [-0.2, 0) is 0 Å². The molecule has 0 aliphatic rings. The van der Waals surface area contributed by atoms with E-state index in [1.54, 1.807) is 12.3 Å². The van der Waals surface area contributed by atoms with Crippen LogP contribution < -0.4 is 11.1 Å². The van der Waals surface area contributed by atoms with Crippen molar-refractivity contribution < 1.29 is 0 Å². The molecule has 1 heterocycles. The number of rotatable bonds is 4. The van der Waals surface area contributed by atoms with Gasteiger partial charge in [-0.2, -0.15) is 0 Å². The van der Waals surface area contributed by atoms with E-state index in [1.165, 1.54) is 0 Å². The van der Waals surface area contributed by atoms with Crippen LogP contribution in [0.2, 0.25) is 10.0 Å². The molecule has 0 aromatic carbocycles. The molecule has 3 nitrogen and oxygen atoms in total. The first-order valence-electron chi connectivity index (χ1n) is 3.99. The van der Waals surface area contributed by atoms with E-state index in [0.29, 0.717) is 22.4 Å². The van der Waals surface area contributed by atoms with Crippen LogP contribution in [0.1, 0.15) is 6.42 Å². The number of hydrogen-bond acceptors (Lipinski definition) is 3. The molecule has 0 atom stereocenters. The number of nitrogens with zero attached hydrogens (tertiary/aromatic N) is 1. The number of halogens is 2. The van der Waals surface area contributed by atoms with Crippen molar-refractivity contribution in [1.29, 1.82) is 0 Å². The average molecular weight is 220 g/mol. The molecule has 0 aliphatic heterocycles. The molecule has 1 aromatic rings. The fraction of sp³-hybridized carbons (Fsp3) is 0.375. The largest absolute Gasteiger partial charge is 0.369 e. The Labute approximate surface area is 87.2 Å². The number of anilines is 1. The molecular weight excluding hydrogens is 209 g/mol. The van der Waals surface area contributed by atoms with Gasteiger partial charge in [0, 0.05) is 12.7 Å². The van der Waals surface area contributed by atoms with Crippen molar-refractivity contribution in [3.8, 4) is 0 Å². The van der Waals surface area contributed by atoms with Gasteiger partial charge in [0.1, 0.15) is 5.82 Å². The van der Waals surface area contributed by atoms with Crippen LogP contribution in [0.3, 0.4) is 0 Å². The molecule has 1 aromatic heterocycles. The summed E-state index contributed by atoms with van der Waals surface area (Å²) in [5.74, 6) is 0.652. The average Bonchev–Trinajstić information content (AvgIpc) is 2.09. The zero-order valence-corrected chi connectivity index (χ0v) is 8.57. The first kappa shape index (κ1) is 10.6. The Morgan fingerprint density at radius 2 is 2.23 bits per heavy atom. The van der Waals surface area contributed by atoms with Gasteiger partial charge < -0.3 is 11.1 Å². The predicted octanol–water partition coefficient (Wildman–Crippen LogP) is 2.15. The van der Waals surface area contributed by atoms with Crippen LogP contribution in [0.4, 0.5) is 5.82 Å². The summed E-state index contributed by atoms with van der Waals surface area (Å²) in [5.41, 5.74) is 5.34. The minimum atomic E-state index is 0.532. The summed E-state index contributed by atoms with van der Waals surface area (Å²) in [7, 11) is 0. The molecule has 0 amide bonds. The van der Waals surface area contributed by atoms with E-state index in [2.05, 4.69) is 10.3 Å². The van der Waals surface area contributed by atoms with Crippen molar-refractivity contribution in [2.75, 3.05) is 18.4 Å². The topological polar surface area (TPSA) is 50.9 Å². The molecule has 0 aliphatic carbocycles. The lowest BCUT2D eigenvalue weighted by Gasteiger charge is -2.05. The molecule has 3 N–H and O–H groups in total. The first-order chi connectivity index (χ1) is 6.24. The van der Waals surface area contributed by atoms with Crippen LogP contribution in [-0.4, -0.2) is 18.1 Å². The Kier molecular flexibility index (Phi) is 4.28. The molecular formula is C8H11Cl2N3. The minimum Gasteiger partial charge on any atom is -0.369 e.